The van der Waals surface area contributed by atoms with Gasteiger partial charge in [-0.25, -0.2) is 4.79 Å². The van der Waals surface area contributed by atoms with Crippen LogP contribution in [0.1, 0.15) is 21.7 Å². The summed E-state index contributed by atoms with van der Waals surface area (Å²) in [7, 11) is 2.92. The minimum absolute atomic E-state index is 0.158. The highest BCUT2D eigenvalue weighted by Crippen LogP contribution is 2.30. The summed E-state index contributed by atoms with van der Waals surface area (Å²) >= 11 is 0. The molecule has 2 aromatic carbocycles. The molecular weight excluding hydrogens is 414 g/mol. The van der Waals surface area contributed by atoms with Crippen LogP contribution in [0, 0.1) is 18.3 Å². The molecule has 1 heterocycles. The van der Waals surface area contributed by atoms with E-state index in [2.05, 4.69) is 10.5 Å². The van der Waals surface area contributed by atoms with E-state index >= 15 is 0 Å². The van der Waals surface area contributed by atoms with Gasteiger partial charge in [-0.3, -0.25) is 4.79 Å². The molecule has 0 aliphatic heterocycles. The molecular formula is C23H19N3O6. The Kier molecular flexibility index (Phi) is 6.88. The standard InChI is InChI=1S/C23H19N3O6/c1-14-9-21(26-32-14)25-22(27)17(13-24)10-15-7-8-19(20(11-15)30-3)31-23(28)16-5-4-6-18(12-16)29-2/h4-12H,1-3H3,(H,25,26,27)/b17-10-. The van der Waals surface area contributed by atoms with E-state index in [0.717, 1.165) is 0 Å². The van der Waals surface area contributed by atoms with Crippen LogP contribution in [-0.4, -0.2) is 31.3 Å². The third-order valence-electron chi connectivity index (χ3n) is 4.24. The van der Waals surface area contributed by atoms with Crippen molar-refractivity contribution >= 4 is 23.8 Å². The van der Waals surface area contributed by atoms with Gasteiger partial charge in [0, 0.05) is 6.07 Å². The molecule has 162 valence electrons. The second kappa shape index (κ2) is 9.95. The zero-order valence-corrected chi connectivity index (χ0v) is 17.5. The maximum Gasteiger partial charge on any atom is 0.343 e. The molecule has 0 bridgehead atoms. The molecule has 0 aliphatic rings. The average Bonchev–Trinajstić information content (AvgIpc) is 3.22. The molecule has 1 aromatic heterocycles. The summed E-state index contributed by atoms with van der Waals surface area (Å²) in [6.07, 6.45) is 1.37. The number of aromatic nitrogens is 1. The Bertz CT molecular complexity index is 1220. The molecule has 9 heteroatoms. The highest BCUT2D eigenvalue weighted by atomic mass is 16.6. The van der Waals surface area contributed by atoms with Crippen LogP contribution in [0.5, 0.6) is 17.2 Å². The topological polar surface area (TPSA) is 124 Å². The van der Waals surface area contributed by atoms with Crippen LogP contribution >= 0.6 is 0 Å². The molecule has 0 saturated carbocycles. The van der Waals surface area contributed by atoms with Crippen molar-refractivity contribution in [3.63, 3.8) is 0 Å². The molecule has 0 unspecified atom stereocenters. The number of nitriles is 1. The Balaban J connectivity index is 1.79. The number of nitrogens with zero attached hydrogens (tertiary/aromatic N) is 2. The van der Waals surface area contributed by atoms with E-state index in [9.17, 15) is 14.9 Å². The SMILES string of the molecule is COc1cccc(C(=O)Oc2ccc(/C=C(/C#N)C(=O)Nc3cc(C)on3)cc2OC)c1. The van der Waals surface area contributed by atoms with E-state index in [1.54, 1.807) is 43.3 Å². The lowest BCUT2D eigenvalue weighted by atomic mass is 10.1. The van der Waals surface area contributed by atoms with Crippen LogP contribution in [0.2, 0.25) is 0 Å². The van der Waals surface area contributed by atoms with Crippen molar-refractivity contribution in [1.29, 1.82) is 5.26 Å². The van der Waals surface area contributed by atoms with E-state index < -0.39 is 11.9 Å². The fraction of sp³-hybridized carbons (Fsp3) is 0.130. The van der Waals surface area contributed by atoms with Crippen molar-refractivity contribution < 1.29 is 28.3 Å². The number of hydrogen-bond donors (Lipinski definition) is 1. The number of ether oxygens (including phenoxy) is 3. The van der Waals surface area contributed by atoms with Crippen molar-refractivity contribution in [2.24, 2.45) is 0 Å². The zero-order valence-electron chi connectivity index (χ0n) is 17.5. The summed E-state index contributed by atoms with van der Waals surface area (Å²) in [5.74, 6) is 0.435. The lowest BCUT2D eigenvalue weighted by Crippen LogP contribution is -2.13. The largest absolute Gasteiger partial charge is 0.497 e. The van der Waals surface area contributed by atoms with E-state index in [1.165, 1.54) is 32.4 Å². The average molecular weight is 433 g/mol. The Morgan fingerprint density at radius 2 is 1.91 bits per heavy atom. The van der Waals surface area contributed by atoms with Gasteiger partial charge in [-0.05, 0) is 48.9 Å². The molecule has 0 aliphatic carbocycles. The van der Waals surface area contributed by atoms with Crippen molar-refractivity contribution in [3.8, 4) is 23.3 Å². The van der Waals surface area contributed by atoms with Gasteiger partial charge in [0.1, 0.15) is 23.2 Å². The van der Waals surface area contributed by atoms with Crippen LogP contribution in [0.25, 0.3) is 6.08 Å². The predicted molar refractivity (Wildman–Crippen MR) is 114 cm³/mol. The van der Waals surface area contributed by atoms with Crippen LogP contribution in [0.4, 0.5) is 5.82 Å². The van der Waals surface area contributed by atoms with Crippen LogP contribution in [0.15, 0.2) is 58.6 Å². The highest BCUT2D eigenvalue weighted by Gasteiger charge is 2.15. The number of amides is 1. The minimum atomic E-state index is -0.645. The lowest BCUT2D eigenvalue weighted by Gasteiger charge is -2.10. The smallest absolute Gasteiger partial charge is 0.343 e. The summed E-state index contributed by atoms with van der Waals surface area (Å²) in [4.78, 5) is 24.8. The monoisotopic (exact) mass is 433 g/mol. The second-order valence-corrected chi connectivity index (χ2v) is 6.48. The highest BCUT2D eigenvalue weighted by molar-refractivity contribution is 6.09. The van der Waals surface area contributed by atoms with Crippen LogP contribution < -0.4 is 19.5 Å². The maximum absolute atomic E-state index is 12.5. The minimum Gasteiger partial charge on any atom is -0.497 e. The molecule has 0 atom stereocenters. The fourth-order valence-electron chi connectivity index (χ4n) is 2.69. The van der Waals surface area contributed by atoms with Crippen molar-refractivity contribution in [1.82, 2.24) is 5.16 Å². The molecule has 1 N–H and O–H groups in total. The Morgan fingerprint density at radius 1 is 1.09 bits per heavy atom. The predicted octanol–water partition coefficient (Wildman–Crippen LogP) is 3.77. The Morgan fingerprint density at radius 3 is 2.56 bits per heavy atom. The first kappa shape index (κ1) is 22.1. The van der Waals surface area contributed by atoms with E-state index in [-0.39, 0.29) is 22.9 Å². The molecule has 0 spiro atoms. The van der Waals surface area contributed by atoms with Crippen LogP contribution in [0.3, 0.4) is 0 Å². The Hall–Kier alpha value is -4.58. The van der Waals surface area contributed by atoms with Gasteiger partial charge in [0.15, 0.2) is 17.3 Å². The molecule has 9 nitrogen and oxygen atoms in total. The summed E-state index contributed by atoms with van der Waals surface area (Å²) in [6, 6.07) is 14.6. The second-order valence-electron chi connectivity index (χ2n) is 6.48. The first-order valence-electron chi connectivity index (χ1n) is 9.34. The number of rotatable bonds is 7. The number of carbonyl (C=O) groups is 2. The maximum atomic E-state index is 12.5. The summed E-state index contributed by atoms with van der Waals surface area (Å²) < 4.78 is 20.7. The van der Waals surface area contributed by atoms with E-state index in [4.69, 9.17) is 18.7 Å². The molecule has 0 saturated heterocycles. The van der Waals surface area contributed by atoms with E-state index in [0.29, 0.717) is 22.6 Å². The first-order chi connectivity index (χ1) is 15.4. The first-order valence-corrected chi connectivity index (χ1v) is 9.34. The van der Waals surface area contributed by atoms with Gasteiger partial charge in [-0.15, -0.1) is 0 Å². The van der Waals surface area contributed by atoms with Gasteiger partial charge in [0.05, 0.1) is 19.8 Å². The molecule has 32 heavy (non-hydrogen) atoms. The van der Waals surface area contributed by atoms with Gasteiger partial charge in [0.25, 0.3) is 5.91 Å². The number of esters is 1. The van der Waals surface area contributed by atoms with Crippen molar-refractivity contribution in [2.75, 3.05) is 19.5 Å². The van der Waals surface area contributed by atoms with Gasteiger partial charge < -0.3 is 24.1 Å². The number of hydrogen-bond acceptors (Lipinski definition) is 8. The molecule has 0 fully saturated rings. The molecule has 3 aromatic rings. The van der Waals surface area contributed by atoms with Gasteiger partial charge in [-0.2, -0.15) is 5.26 Å². The van der Waals surface area contributed by atoms with Crippen molar-refractivity contribution in [3.05, 3.63) is 71.0 Å². The molecule has 3 rings (SSSR count). The number of methoxy groups -OCH3 is 2. The third-order valence-corrected chi connectivity index (χ3v) is 4.24. The number of nitrogens with one attached hydrogen (secondary N) is 1. The lowest BCUT2D eigenvalue weighted by molar-refractivity contribution is -0.112. The zero-order chi connectivity index (χ0) is 23.1. The quantitative estimate of drug-likeness (QED) is 0.258. The molecule has 0 radical (unpaired) electrons. The number of carbonyl (C=O) groups excluding carboxylic acids is 2. The summed E-state index contributed by atoms with van der Waals surface area (Å²) in [5, 5.41) is 15.5. The third kappa shape index (κ3) is 5.31. The van der Waals surface area contributed by atoms with Gasteiger partial charge in [0.2, 0.25) is 0 Å². The summed E-state index contributed by atoms with van der Waals surface area (Å²) in [6.45, 7) is 1.68. The van der Waals surface area contributed by atoms with Crippen LogP contribution in [-0.2, 0) is 4.79 Å². The van der Waals surface area contributed by atoms with Gasteiger partial charge in [-0.1, -0.05) is 17.3 Å². The number of aryl methyl sites for hydroxylation is 1. The normalized spacial score (nSPS) is 10.8. The van der Waals surface area contributed by atoms with Crippen molar-refractivity contribution in [2.45, 2.75) is 6.92 Å². The van der Waals surface area contributed by atoms with E-state index in [1.807, 2.05) is 6.07 Å². The number of anilines is 1. The Labute approximate surface area is 183 Å². The number of benzene rings is 2. The summed E-state index contributed by atoms with van der Waals surface area (Å²) in [5.41, 5.74) is 0.641. The molecule has 1 amide bonds. The van der Waals surface area contributed by atoms with Gasteiger partial charge >= 0.3 is 5.97 Å². The fourth-order valence-corrected chi connectivity index (χ4v) is 2.69.